The SMILES string of the molecule is CCOC(=O)c1cc(C)cc(C)c1[N+](=O)[O-]. The molecule has 1 rings (SSSR count). The molecule has 1 aromatic carbocycles. The van der Waals surface area contributed by atoms with Crippen LogP contribution in [0, 0.1) is 24.0 Å². The lowest BCUT2D eigenvalue weighted by Crippen LogP contribution is -2.09. The maximum Gasteiger partial charge on any atom is 0.345 e. The van der Waals surface area contributed by atoms with Crippen molar-refractivity contribution in [2.75, 3.05) is 6.61 Å². The van der Waals surface area contributed by atoms with Crippen LogP contribution in [0.25, 0.3) is 0 Å². The predicted octanol–water partition coefficient (Wildman–Crippen LogP) is 2.39. The van der Waals surface area contributed by atoms with Gasteiger partial charge in [0, 0.05) is 5.56 Å². The largest absolute Gasteiger partial charge is 0.462 e. The first kappa shape index (κ1) is 12.2. The van der Waals surface area contributed by atoms with E-state index in [4.69, 9.17) is 4.74 Å². The van der Waals surface area contributed by atoms with Crippen molar-refractivity contribution < 1.29 is 14.5 Å². The average molecular weight is 223 g/mol. The number of ether oxygens (including phenoxy) is 1. The van der Waals surface area contributed by atoms with Crippen molar-refractivity contribution >= 4 is 11.7 Å². The Labute approximate surface area is 93.2 Å². The van der Waals surface area contributed by atoms with E-state index < -0.39 is 10.9 Å². The molecule has 86 valence electrons. The van der Waals surface area contributed by atoms with Crippen molar-refractivity contribution in [3.63, 3.8) is 0 Å². The van der Waals surface area contributed by atoms with Crippen molar-refractivity contribution in [3.05, 3.63) is 38.9 Å². The summed E-state index contributed by atoms with van der Waals surface area (Å²) in [6.45, 7) is 5.24. The van der Waals surface area contributed by atoms with Gasteiger partial charge >= 0.3 is 5.97 Å². The molecule has 5 nitrogen and oxygen atoms in total. The number of hydrogen-bond acceptors (Lipinski definition) is 4. The third kappa shape index (κ3) is 2.36. The van der Waals surface area contributed by atoms with Gasteiger partial charge in [0.05, 0.1) is 11.5 Å². The van der Waals surface area contributed by atoms with Gasteiger partial charge in [-0.2, -0.15) is 0 Å². The maximum absolute atomic E-state index is 11.5. The molecule has 16 heavy (non-hydrogen) atoms. The molecule has 0 saturated carbocycles. The van der Waals surface area contributed by atoms with Crippen LogP contribution in [0.1, 0.15) is 28.4 Å². The van der Waals surface area contributed by atoms with Crippen LogP contribution in [0.3, 0.4) is 0 Å². The average Bonchev–Trinajstić information content (AvgIpc) is 2.15. The monoisotopic (exact) mass is 223 g/mol. The zero-order valence-corrected chi connectivity index (χ0v) is 9.44. The lowest BCUT2D eigenvalue weighted by Gasteiger charge is -2.06. The Morgan fingerprint density at radius 3 is 2.56 bits per heavy atom. The molecule has 0 aliphatic heterocycles. The minimum absolute atomic E-state index is 0.0179. The van der Waals surface area contributed by atoms with Crippen molar-refractivity contribution in [1.29, 1.82) is 0 Å². The molecular weight excluding hydrogens is 210 g/mol. The lowest BCUT2D eigenvalue weighted by molar-refractivity contribution is -0.385. The first-order chi connectivity index (χ1) is 7.47. The van der Waals surface area contributed by atoms with Crippen LogP contribution >= 0.6 is 0 Å². The maximum atomic E-state index is 11.5. The number of aryl methyl sites for hydroxylation is 2. The van der Waals surface area contributed by atoms with E-state index in [9.17, 15) is 14.9 Å². The molecule has 0 fully saturated rings. The fraction of sp³-hybridized carbons (Fsp3) is 0.364. The second kappa shape index (κ2) is 4.74. The van der Waals surface area contributed by atoms with Gasteiger partial charge in [-0.15, -0.1) is 0 Å². The summed E-state index contributed by atoms with van der Waals surface area (Å²) in [7, 11) is 0. The van der Waals surface area contributed by atoms with Crippen LogP contribution < -0.4 is 0 Å². The van der Waals surface area contributed by atoms with Crippen molar-refractivity contribution in [2.24, 2.45) is 0 Å². The van der Waals surface area contributed by atoms with Crippen LogP contribution in [0.15, 0.2) is 12.1 Å². The fourth-order valence-electron chi connectivity index (χ4n) is 1.57. The summed E-state index contributed by atoms with van der Waals surface area (Å²) in [5.41, 5.74) is 1.10. The van der Waals surface area contributed by atoms with E-state index in [2.05, 4.69) is 0 Å². The first-order valence-electron chi connectivity index (χ1n) is 4.90. The molecule has 0 radical (unpaired) electrons. The number of hydrogen-bond donors (Lipinski definition) is 0. The van der Waals surface area contributed by atoms with E-state index in [0.29, 0.717) is 5.56 Å². The molecule has 0 spiro atoms. The van der Waals surface area contributed by atoms with Crippen LogP contribution in [-0.4, -0.2) is 17.5 Å². The normalized spacial score (nSPS) is 9.94. The van der Waals surface area contributed by atoms with Gasteiger partial charge in [0.2, 0.25) is 0 Å². The molecule has 0 aromatic heterocycles. The van der Waals surface area contributed by atoms with Gasteiger partial charge < -0.3 is 4.74 Å². The Bertz CT molecular complexity index is 440. The lowest BCUT2D eigenvalue weighted by atomic mass is 10.0. The number of nitro groups is 1. The minimum atomic E-state index is -0.652. The molecule has 0 aliphatic rings. The topological polar surface area (TPSA) is 69.4 Å². The summed E-state index contributed by atoms with van der Waals surface area (Å²) in [5.74, 6) is -0.652. The number of esters is 1. The van der Waals surface area contributed by atoms with Crippen molar-refractivity contribution in [1.82, 2.24) is 0 Å². The summed E-state index contributed by atoms with van der Waals surface area (Å²) in [6, 6.07) is 3.14. The summed E-state index contributed by atoms with van der Waals surface area (Å²) < 4.78 is 4.79. The Kier molecular flexibility index (Phi) is 3.60. The van der Waals surface area contributed by atoms with Gasteiger partial charge in [-0.05, 0) is 38.5 Å². The summed E-state index contributed by atoms with van der Waals surface area (Å²) in [5, 5.41) is 10.9. The fourth-order valence-corrected chi connectivity index (χ4v) is 1.57. The molecule has 5 heteroatoms. The van der Waals surface area contributed by atoms with Gasteiger partial charge in [-0.1, -0.05) is 0 Å². The number of nitrogens with zero attached hydrogens (tertiary/aromatic N) is 1. The third-order valence-electron chi connectivity index (χ3n) is 2.12. The third-order valence-corrected chi connectivity index (χ3v) is 2.12. The summed E-state index contributed by atoms with van der Waals surface area (Å²) >= 11 is 0. The highest BCUT2D eigenvalue weighted by atomic mass is 16.6. The van der Waals surface area contributed by atoms with Gasteiger partial charge in [0.15, 0.2) is 0 Å². The number of nitro benzene ring substituents is 1. The molecule has 0 N–H and O–H groups in total. The van der Waals surface area contributed by atoms with Gasteiger partial charge in [0.1, 0.15) is 5.56 Å². The summed E-state index contributed by atoms with van der Waals surface area (Å²) in [6.07, 6.45) is 0. The van der Waals surface area contributed by atoms with Crippen LogP contribution in [0.5, 0.6) is 0 Å². The highest BCUT2D eigenvalue weighted by Crippen LogP contribution is 2.25. The van der Waals surface area contributed by atoms with Gasteiger partial charge in [0.25, 0.3) is 5.69 Å². The highest BCUT2D eigenvalue weighted by molar-refractivity contribution is 5.94. The van der Waals surface area contributed by atoms with E-state index in [-0.39, 0.29) is 17.9 Å². The number of benzene rings is 1. The molecular formula is C11H13NO4. The van der Waals surface area contributed by atoms with Crippen LogP contribution in [0.2, 0.25) is 0 Å². The number of rotatable bonds is 3. The van der Waals surface area contributed by atoms with Crippen LogP contribution in [-0.2, 0) is 4.74 Å². The molecule has 0 amide bonds. The first-order valence-corrected chi connectivity index (χ1v) is 4.90. The van der Waals surface area contributed by atoms with E-state index in [1.165, 1.54) is 6.07 Å². The predicted molar refractivity (Wildman–Crippen MR) is 58.5 cm³/mol. The zero-order valence-electron chi connectivity index (χ0n) is 9.44. The Hall–Kier alpha value is -1.91. The molecule has 0 bridgehead atoms. The van der Waals surface area contributed by atoms with E-state index in [1.807, 2.05) is 0 Å². The number of carbonyl (C=O) groups is 1. The van der Waals surface area contributed by atoms with E-state index in [0.717, 1.165) is 5.56 Å². The Morgan fingerprint density at radius 2 is 2.06 bits per heavy atom. The molecule has 0 saturated heterocycles. The highest BCUT2D eigenvalue weighted by Gasteiger charge is 2.24. The van der Waals surface area contributed by atoms with Crippen molar-refractivity contribution in [3.8, 4) is 0 Å². The molecule has 0 aliphatic carbocycles. The van der Waals surface area contributed by atoms with E-state index in [1.54, 1.807) is 26.8 Å². The Balaban J connectivity index is 3.35. The zero-order chi connectivity index (χ0) is 12.3. The van der Waals surface area contributed by atoms with E-state index >= 15 is 0 Å². The van der Waals surface area contributed by atoms with Crippen LogP contribution in [0.4, 0.5) is 5.69 Å². The second-order valence-corrected chi connectivity index (χ2v) is 3.46. The molecule has 1 aromatic rings. The van der Waals surface area contributed by atoms with Gasteiger partial charge in [-0.3, -0.25) is 10.1 Å². The number of carbonyl (C=O) groups excluding carboxylic acids is 1. The van der Waals surface area contributed by atoms with Crippen molar-refractivity contribution in [2.45, 2.75) is 20.8 Å². The van der Waals surface area contributed by atoms with Gasteiger partial charge in [-0.25, -0.2) is 4.79 Å². The smallest absolute Gasteiger partial charge is 0.345 e. The standard InChI is InChI=1S/C11H13NO4/c1-4-16-11(13)9-6-7(2)5-8(3)10(9)12(14)15/h5-6H,4H2,1-3H3. The molecule has 0 heterocycles. The Morgan fingerprint density at radius 1 is 1.44 bits per heavy atom. The second-order valence-electron chi connectivity index (χ2n) is 3.46. The summed E-state index contributed by atoms with van der Waals surface area (Å²) in [4.78, 5) is 21.9. The quantitative estimate of drug-likeness (QED) is 0.448. The minimum Gasteiger partial charge on any atom is -0.462 e. The molecule has 0 atom stereocenters. The molecule has 0 unspecified atom stereocenters.